The molecule has 0 radical (unpaired) electrons. The summed E-state index contributed by atoms with van der Waals surface area (Å²) in [6.07, 6.45) is 0. The van der Waals surface area contributed by atoms with Crippen molar-refractivity contribution in [2.75, 3.05) is 5.32 Å². The molecule has 6 heteroatoms. The highest BCUT2D eigenvalue weighted by molar-refractivity contribution is 7.20. The van der Waals surface area contributed by atoms with E-state index in [1.54, 1.807) is 11.3 Å². The van der Waals surface area contributed by atoms with E-state index in [-0.39, 0.29) is 11.8 Å². The summed E-state index contributed by atoms with van der Waals surface area (Å²) in [4.78, 5) is 16.4. The van der Waals surface area contributed by atoms with Crippen LogP contribution in [0.4, 0.5) is 5.69 Å². The molecule has 0 fully saturated rings. The van der Waals surface area contributed by atoms with E-state index in [1.165, 1.54) is 0 Å². The maximum Gasteiger partial charge on any atom is 0.226 e. The van der Waals surface area contributed by atoms with Crippen LogP contribution >= 0.6 is 11.3 Å². The van der Waals surface area contributed by atoms with Gasteiger partial charge in [0.15, 0.2) is 0 Å². The Bertz CT molecular complexity index is 847. The summed E-state index contributed by atoms with van der Waals surface area (Å²) in [5.41, 5.74) is 3.68. The lowest BCUT2D eigenvalue weighted by molar-refractivity contribution is -0.118. The molecule has 2 aromatic heterocycles. The van der Waals surface area contributed by atoms with Crippen molar-refractivity contribution in [1.82, 2.24) is 14.8 Å². The summed E-state index contributed by atoms with van der Waals surface area (Å²) in [5.74, 6) is -0.0373. The minimum Gasteiger partial charge on any atom is -0.326 e. The first-order valence-corrected chi connectivity index (χ1v) is 8.01. The third kappa shape index (κ3) is 2.74. The third-order valence-corrected chi connectivity index (χ3v) is 4.37. The summed E-state index contributed by atoms with van der Waals surface area (Å²) in [6.45, 7) is 7.73. The van der Waals surface area contributed by atoms with Crippen LogP contribution < -0.4 is 5.32 Å². The molecule has 1 amide bonds. The number of carbonyl (C=O) groups excluding carboxylic acids is 1. The zero-order valence-electron chi connectivity index (χ0n) is 13.0. The van der Waals surface area contributed by atoms with Crippen LogP contribution in [0.1, 0.15) is 25.2 Å². The molecule has 3 rings (SSSR count). The van der Waals surface area contributed by atoms with E-state index in [1.807, 2.05) is 56.6 Å². The minimum absolute atomic E-state index is 0.00773. The van der Waals surface area contributed by atoms with Crippen molar-refractivity contribution in [1.29, 1.82) is 0 Å². The Labute approximate surface area is 133 Å². The molecular formula is C16H18N4OS. The van der Waals surface area contributed by atoms with E-state index in [0.717, 1.165) is 32.4 Å². The Morgan fingerprint density at radius 3 is 2.68 bits per heavy atom. The van der Waals surface area contributed by atoms with E-state index in [0.29, 0.717) is 0 Å². The summed E-state index contributed by atoms with van der Waals surface area (Å²) in [5, 5.41) is 8.21. The van der Waals surface area contributed by atoms with Gasteiger partial charge in [0, 0.05) is 17.3 Å². The van der Waals surface area contributed by atoms with E-state index in [9.17, 15) is 4.79 Å². The van der Waals surface area contributed by atoms with Crippen molar-refractivity contribution >= 4 is 33.1 Å². The number of hydrogen-bond acceptors (Lipinski definition) is 4. The molecule has 1 aromatic carbocycles. The average molecular weight is 314 g/mol. The van der Waals surface area contributed by atoms with Crippen LogP contribution in [0.5, 0.6) is 0 Å². The van der Waals surface area contributed by atoms with Crippen LogP contribution in [0.2, 0.25) is 0 Å². The van der Waals surface area contributed by atoms with Crippen LogP contribution in [-0.2, 0) is 4.79 Å². The molecule has 0 saturated heterocycles. The van der Waals surface area contributed by atoms with Crippen molar-refractivity contribution in [3.8, 4) is 5.13 Å². The average Bonchev–Trinajstić information content (AvgIpc) is 3.00. The van der Waals surface area contributed by atoms with Gasteiger partial charge in [0.05, 0.1) is 15.9 Å². The van der Waals surface area contributed by atoms with Crippen molar-refractivity contribution < 1.29 is 4.79 Å². The molecule has 5 nitrogen and oxygen atoms in total. The van der Waals surface area contributed by atoms with Crippen LogP contribution in [0, 0.1) is 19.8 Å². The van der Waals surface area contributed by atoms with Gasteiger partial charge in [-0.1, -0.05) is 25.2 Å². The van der Waals surface area contributed by atoms with Gasteiger partial charge in [-0.15, -0.1) is 0 Å². The molecule has 0 saturated carbocycles. The number of amides is 1. The topological polar surface area (TPSA) is 59.8 Å². The highest BCUT2D eigenvalue weighted by Crippen LogP contribution is 2.28. The fourth-order valence-electron chi connectivity index (χ4n) is 2.19. The smallest absolute Gasteiger partial charge is 0.226 e. The van der Waals surface area contributed by atoms with Gasteiger partial charge in [-0.2, -0.15) is 5.10 Å². The molecule has 0 spiro atoms. The van der Waals surface area contributed by atoms with Gasteiger partial charge < -0.3 is 5.32 Å². The predicted molar refractivity (Wildman–Crippen MR) is 89.7 cm³/mol. The number of aromatic nitrogens is 3. The van der Waals surface area contributed by atoms with Crippen LogP contribution in [0.15, 0.2) is 24.3 Å². The second kappa shape index (κ2) is 5.53. The normalized spacial score (nSPS) is 11.3. The Morgan fingerprint density at radius 2 is 2.05 bits per heavy atom. The van der Waals surface area contributed by atoms with Crippen molar-refractivity contribution in [2.24, 2.45) is 5.92 Å². The molecule has 0 unspecified atom stereocenters. The summed E-state index contributed by atoms with van der Waals surface area (Å²) >= 11 is 1.59. The first kappa shape index (κ1) is 14.7. The fourth-order valence-corrected chi connectivity index (χ4v) is 3.15. The fraction of sp³-hybridized carbons (Fsp3) is 0.312. The standard InChI is InChI=1S/C16H18N4OS/c1-9(2)15(21)17-12-5-6-14-13(8-12)18-16(22-14)20-11(4)7-10(3)19-20/h5-9H,1-4H3,(H,17,21). The second-order valence-corrected chi connectivity index (χ2v) is 6.67. The summed E-state index contributed by atoms with van der Waals surface area (Å²) in [7, 11) is 0. The Morgan fingerprint density at radius 1 is 1.27 bits per heavy atom. The molecule has 0 aliphatic heterocycles. The highest BCUT2D eigenvalue weighted by atomic mass is 32.1. The van der Waals surface area contributed by atoms with Gasteiger partial charge in [-0.25, -0.2) is 9.67 Å². The van der Waals surface area contributed by atoms with Gasteiger partial charge in [-0.3, -0.25) is 4.79 Å². The van der Waals surface area contributed by atoms with Gasteiger partial charge in [0.2, 0.25) is 11.0 Å². The van der Waals surface area contributed by atoms with E-state index >= 15 is 0 Å². The summed E-state index contributed by atoms with van der Waals surface area (Å²) < 4.78 is 2.93. The molecule has 3 aromatic rings. The van der Waals surface area contributed by atoms with Crippen molar-refractivity contribution in [2.45, 2.75) is 27.7 Å². The van der Waals surface area contributed by atoms with Gasteiger partial charge in [-0.05, 0) is 38.1 Å². The van der Waals surface area contributed by atoms with Crippen LogP contribution in [0.3, 0.4) is 0 Å². The SMILES string of the molecule is Cc1cc(C)n(-c2nc3cc(NC(=O)C(C)C)ccc3s2)n1. The van der Waals surface area contributed by atoms with Crippen LogP contribution in [0.25, 0.3) is 15.3 Å². The molecule has 2 heterocycles. The number of aryl methyl sites for hydroxylation is 2. The number of benzene rings is 1. The zero-order chi connectivity index (χ0) is 15.9. The van der Waals surface area contributed by atoms with E-state index < -0.39 is 0 Å². The quantitative estimate of drug-likeness (QED) is 0.802. The molecule has 1 N–H and O–H groups in total. The monoisotopic (exact) mass is 314 g/mol. The number of thiazole rings is 1. The molecule has 0 atom stereocenters. The first-order valence-electron chi connectivity index (χ1n) is 7.19. The Hall–Kier alpha value is -2.21. The molecule has 0 aliphatic carbocycles. The highest BCUT2D eigenvalue weighted by Gasteiger charge is 2.12. The summed E-state index contributed by atoms with van der Waals surface area (Å²) in [6, 6.07) is 7.82. The lowest BCUT2D eigenvalue weighted by Gasteiger charge is -2.06. The number of nitrogens with one attached hydrogen (secondary N) is 1. The molecule has 0 aliphatic rings. The van der Waals surface area contributed by atoms with E-state index in [4.69, 9.17) is 0 Å². The third-order valence-electron chi connectivity index (χ3n) is 3.36. The molecule has 0 bridgehead atoms. The first-order chi connectivity index (χ1) is 10.4. The number of rotatable bonds is 3. The minimum atomic E-state index is -0.0450. The number of carbonyl (C=O) groups is 1. The van der Waals surface area contributed by atoms with Gasteiger partial charge in [0.25, 0.3) is 0 Å². The molecule has 22 heavy (non-hydrogen) atoms. The largest absolute Gasteiger partial charge is 0.326 e. The lowest BCUT2D eigenvalue weighted by Crippen LogP contribution is -2.17. The number of anilines is 1. The maximum absolute atomic E-state index is 11.8. The maximum atomic E-state index is 11.8. The zero-order valence-corrected chi connectivity index (χ0v) is 13.9. The number of nitrogens with zero attached hydrogens (tertiary/aromatic N) is 3. The van der Waals surface area contributed by atoms with E-state index in [2.05, 4.69) is 15.4 Å². The molecular weight excluding hydrogens is 296 g/mol. The Kier molecular flexibility index (Phi) is 3.70. The van der Waals surface area contributed by atoms with Crippen molar-refractivity contribution in [3.63, 3.8) is 0 Å². The predicted octanol–water partition coefficient (Wildman–Crippen LogP) is 3.69. The number of fused-ring (bicyclic) bond motifs is 1. The Balaban J connectivity index is 1.97. The lowest BCUT2D eigenvalue weighted by atomic mass is 10.2. The van der Waals surface area contributed by atoms with Crippen LogP contribution in [-0.4, -0.2) is 20.7 Å². The number of hydrogen-bond donors (Lipinski definition) is 1. The van der Waals surface area contributed by atoms with Gasteiger partial charge in [0.1, 0.15) is 0 Å². The second-order valence-electron chi connectivity index (χ2n) is 5.66. The van der Waals surface area contributed by atoms with Gasteiger partial charge >= 0.3 is 0 Å². The van der Waals surface area contributed by atoms with Crippen molar-refractivity contribution in [3.05, 3.63) is 35.7 Å². The molecule has 114 valence electrons.